The number of hydrogen-bond acceptors (Lipinski definition) is 2. The predicted molar refractivity (Wildman–Crippen MR) is 76.5 cm³/mol. The van der Waals surface area contributed by atoms with Crippen LogP contribution in [0.3, 0.4) is 0 Å². The van der Waals surface area contributed by atoms with E-state index < -0.39 is 0 Å². The predicted octanol–water partition coefficient (Wildman–Crippen LogP) is 4.03. The van der Waals surface area contributed by atoms with Crippen molar-refractivity contribution in [1.82, 2.24) is 0 Å². The number of rotatable bonds is 3. The van der Waals surface area contributed by atoms with Gasteiger partial charge in [-0.1, -0.05) is 32.9 Å². The van der Waals surface area contributed by atoms with E-state index in [1.807, 2.05) is 11.8 Å². The van der Waals surface area contributed by atoms with Crippen molar-refractivity contribution < 1.29 is 0 Å². The molecule has 0 spiro atoms. The summed E-state index contributed by atoms with van der Waals surface area (Å²) in [5, 5.41) is 0.704. The van der Waals surface area contributed by atoms with Crippen LogP contribution in [0.15, 0.2) is 29.2 Å². The van der Waals surface area contributed by atoms with E-state index in [0.717, 1.165) is 0 Å². The molecule has 1 nitrogen and oxygen atoms in total. The molecule has 3 atom stereocenters. The summed E-state index contributed by atoms with van der Waals surface area (Å²) >= 11 is 2.00. The van der Waals surface area contributed by atoms with Crippen LogP contribution in [0.5, 0.6) is 0 Å². The van der Waals surface area contributed by atoms with Crippen LogP contribution >= 0.6 is 11.8 Å². The molecule has 17 heavy (non-hydrogen) atoms. The van der Waals surface area contributed by atoms with Gasteiger partial charge in [0.05, 0.1) is 0 Å². The van der Waals surface area contributed by atoms with Crippen molar-refractivity contribution in [2.45, 2.75) is 55.7 Å². The van der Waals surface area contributed by atoms with Gasteiger partial charge >= 0.3 is 0 Å². The summed E-state index contributed by atoms with van der Waals surface area (Å²) in [5.41, 5.74) is 7.49. The molecule has 0 bridgehead atoms. The molecule has 94 valence electrons. The molecule has 1 aromatic rings. The highest BCUT2D eigenvalue weighted by atomic mass is 32.2. The van der Waals surface area contributed by atoms with E-state index in [4.69, 9.17) is 5.73 Å². The lowest BCUT2D eigenvalue weighted by molar-refractivity contribution is 0.535. The van der Waals surface area contributed by atoms with Gasteiger partial charge in [-0.05, 0) is 42.4 Å². The molecule has 1 fully saturated rings. The molecule has 1 aliphatic carbocycles. The highest BCUT2D eigenvalue weighted by Gasteiger charge is 2.30. The van der Waals surface area contributed by atoms with Gasteiger partial charge in [-0.2, -0.15) is 0 Å². The lowest BCUT2D eigenvalue weighted by Crippen LogP contribution is -2.25. The van der Waals surface area contributed by atoms with Gasteiger partial charge in [0.2, 0.25) is 0 Å². The molecule has 2 rings (SSSR count). The second kappa shape index (κ2) is 5.45. The average Bonchev–Trinajstić information content (AvgIpc) is 2.62. The zero-order valence-electron chi connectivity index (χ0n) is 11.0. The molecule has 1 aliphatic rings. The summed E-state index contributed by atoms with van der Waals surface area (Å²) in [6.07, 6.45) is 2.45. The van der Waals surface area contributed by atoms with Crippen LogP contribution < -0.4 is 5.73 Å². The topological polar surface area (TPSA) is 26.0 Å². The molecule has 2 heteroatoms. The van der Waals surface area contributed by atoms with E-state index in [9.17, 15) is 0 Å². The molecule has 1 aromatic carbocycles. The van der Waals surface area contributed by atoms with Crippen LogP contribution in [0.2, 0.25) is 0 Å². The summed E-state index contributed by atoms with van der Waals surface area (Å²) in [5.74, 6) is 1.26. The van der Waals surface area contributed by atoms with Crippen molar-refractivity contribution in [2.75, 3.05) is 0 Å². The van der Waals surface area contributed by atoms with Crippen molar-refractivity contribution in [2.24, 2.45) is 11.7 Å². The minimum absolute atomic E-state index is 0.405. The third kappa shape index (κ3) is 3.05. The fourth-order valence-corrected chi connectivity index (χ4v) is 3.74. The smallest absolute Gasteiger partial charge is 0.0135 e. The lowest BCUT2D eigenvalue weighted by atomic mass is 10.0. The van der Waals surface area contributed by atoms with Gasteiger partial charge in [-0.15, -0.1) is 11.8 Å². The number of nitrogens with two attached hydrogens (primary N) is 1. The zero-order valence-corrected chi connectivity index (χ0v) is 11.8. The molecule has 3 unspecified atom stereocenters. The largest absolute Gasteiger partial charge is 0.327 e. The highest BCUT2D eigenvalue weighted by Crippen LogP contribution is 2.38. The first kappa shape index (κ1) is 13.0. The van der Waals surface area contributed by atoms with E-state index in [-0.39, 0.29) is 0 Å². The highest BCUT2D eigenvalue weighted by molar-refractivity contribution is 8.00. The Kier molecular flexibility index (Phi) is 4.16. The molecule has 0 heterocycles. The second-order valence-electron chi connectivity index (χ2n) is 5.48. The van der Waals surface area contributed by atoms with E-state index in [1.165, 1.54) is 23.3 Å². The molecule has 1 saturated carbocycles. The Hall–Kier alpha value is -0.470. The molecule has 0 radical (unpaired) electrons. The van der Waals surface area contributed by atoms with Gasteiger partial charge in [-0.3, -0.25) is 0 Å². The molecular formula is C15H23NS. The fourth-order valence-electron chi connectivity index (χ4n) is 2.43. The minimum atomic E-state index is 0.405. The number of benzene rings is 1. The van der Waals surface area contributed by atoms with Gasteiger partial charge < -0.3 is 5.73 Å². The Morgan fingerprint density at radius 2 is 1.82 bits per heavy atom. The van der Waals surface area contributed by atoms with Gasteiger partial charge in [0.15, 0.2) is 0 Å². The van der Waals surface area contributed by atoms with Crippen LogP contribution in [0.25, 0.3) is 0 Å². The number of thioether (sulfide) groups is 1. The third-order valence-corrected chi connectivity index (χ3v) is 5.39. The maximum absolute atomic E-state index is 6.07. The fraction of sp³-hybridized carbons (Fsp3) is 0.600. The Labute approximate surface area is 109 Å². The molecular weight excluding hydrogens is 226 g/mol. The summed E-state index contributed by atoms with van der Waals surface area (Å²) < 4.78 is 0. The van der Waals surface area contributed by atoms with E-state index >= 15 is 0 Å². The average molecular weight is 249 g/mol. The maximum Gasteiger partial charge on any atom is 0.0135 e. The molecule has 0 aromatic heterocycles. The Morgan fingerprint density at radius 3 is 2.29 bits per heavy atom. The van der Waals surface area contributed by atoms with Crippen molar-refractivity contribution in [3.05, 3.63) is 29.8 Å². The van der Waals surface area contributed by atoms with Gasteiger partial charge in [0.25, 0.3) is 0 Å². The maximum atomic E-state index is 6.07. The second-order valence-corrected chi connectivity index (χ2v) is 6.79. The standard InChI is InChI=1S/C15H23NS/c1-10(2)12-4-6-13(7-5-12)17-15-9-8-14(16)11(15)3/h4-7,10-11,14-15H,8-9,16H2,1-3H3. The van der Waals surface area contributed by atoms with E-state index in [0.29, 0.717) is 23.1 Å². The van der Waals surface area contributed by atoms with Gasteiger partial charge in [-0.25, -0.2) is 0 Å². The van der Waals surface area contributed by atoms with Crippen LogP contribution in [0.4, 0.5) is 0 Å². The first-order valence-corrected chi connectivity index (χ1v) is 7.48. The molecule has 0 amide bonds. The van der Waals surface area contributed by atoms with Crippen LogP contribution in [0, 0.1) is 5.92 Å². The summed E-state index contributed by atoms with van der Waals surface area (Å²) in [6.45, 7) is 6.76. The summed E-state index contributed by atoms with van der Waals surface area (Å²) in [7, 11) is 0. The monoisotopic (exact) mass is 249 g/mol. The SMILES string of the molecule is CC(C)c1ccc(SC2CCC(N)C2C)cc1. The Bertz CT molecular complexity index is 358. The van der Waals surface area contributed by atoms with Crippen LogP contribution in [-0.2, 0) is 0 Å². The Balaban J connectivity index is 1.99. The normalized spacial score (nSPS) is 28.9. The quantitative estimate of drug-likeness (QED) is 0.875. The van der Waals surface area contributed by atoms with Crippen LogP contribution in [0.1, 0.15) is 45.1 Å². The van der Waals surface area contributed by atoms with E-state index in [2.05, 4.69) is 45.0 Å². The van der Waals surface area contributed by atoms with E-state index in [1.54, 1.807) is 0 Å². The van der Waals surface area contributed by atoms with Crippen molar-refractivity contribution in [3.8, 4) is 0 Å². The lowest BCUT2D eigenvalue weighted by Gasteiger charge is -2.17. The molecule has 0 saturated heterocycles. The first-order valence-electron chi connectivity index (χ1n) is 6.60. The minimum Gasteiger partial charge on any atom is -0.327 e. The van der Waals surface area contributed by atoms with Crippen molar-refractivity contribution in [1.29, 1.82) is 0 Å². The third-order valence-electron chi connectivity index (χ3n) is 3.88. The van der Waals surface area contributed by atoms with Gasteiger partial charge in [0, 0.05) is 16.2 Å². The van der Waals surface area contributed by atoms with Crippen molar-refractivity contribution in [3.63, 3.8) is 0 Å². The summed E-state index contributed by atoms with van der Waals surface area (Å²) in [6, 6.07) is 9.44. The van der Waals surface area contributed by atoms with Gasteiger partial charge in [0.1, 0.15) is 0 Å². The first-order chi connectivity index (χ1) is 8.08. The number of hydrogen-bond donors (Lipinski definition) is 1. The summed E-state index contributed by atoms with van der Waals surface area (Å²) in [4.78, 5) is 1.39. The molecule has 2 N–H and O–H groups in total. The molecule has 0 aliphatic heterocycles. The Morgan fingerprint density at radius 1 is 1.18 bits per heavy atom. The van der Waals surface area contributed by atoms with Crippen molar-refractivity contribution >= 4 is 11.8 Å². The zero-order chi connectivity index (χ0) is 12.4. The van der Waals surface area contributed by atoms with Crippen LogP contribution in [-0.4, -0.2) is 11.3 Å².